The Morgan fingerprint density at radius 2 is 1.86 bits per heavy atom. The van der Waals surface area contributed by atoms with Crippen LogP contribution in [0.25, 0.3) is 11.3 Å². The summed E-state index contributed by atoms with van der Waals surface area (Å²) < 4.78 is 12.3. The van der Waals surface area contributed by atoms with Gasteiger partial charge in [-0.05, 0) is 43.3 Å². The lowest BCUT2D eigenvalue weighted by atomic mass is 10.1. The van der Waals surface area contributed by atoms with Crippen LogP contribution in [0.2, 0.25) is 0 Å². The summed E-state index contributed by atoms with van der Waals surface area (Å²) in [4.78, 5) is 21.7. The molecule has 1 N–H and O–H groups in total. The van der Waals surface area contributed by atoms with E-state index in [-0.39, 0.29) is 6.09 Å². The average Bonchev–Trinajstić information content (AvgIpc) is 3.62. The number of nitrogens with zero attached hydrogens (tertiary/aromatic N) is 5. The molecule has 5 rings (SSSR count). The summed E-state index contributed by atoms with van der Waals surface area (Å²) in [5, 5.41) is 14.0. The normalized spacial score (nSPS) is 13.9. The number of hydrogen-bond acceptors (Lipinski definition) is 7. The summed E-state index contributed by atoms with van der Waals surface area (Å²) in [6.07, 6.45) is 4.20. The van der Waals surface area contributed by atoms with E-state index in [4.69, 9.17) is 9.26 Å². The second kappa shape index (κ2) is 9.83. The van der Waals surface area contributed by atoms with Gasteiger partial charge >= 0.3 is 6.09 Å². The highest BCUT2D eigenvalue weighted by atomic mass is 16.6. The van der Waals surface area contributed by atoms with Crippen LogP contribution < -0.4 is 0 Å². The third-order valence-corrected chi connectivity index (χ3v) is 5.56. The van der Waals surface area contributed by atoms with Crippen LogP contribution in [0.5, 0.6) is 0 Å². The van der Waals surface area contributed by atoms with Gasteiger partial charge in [0.05, 0.1) is 25.3 Å². The van der Waals surface area contributed by atoms with Crippen molar-refractivity contribution in [3.05, 3.63) is 89.4 Å². The van der Waals surface area contributed by atoms with Crippen LogP contribution in [-0.2, 0) is 17.8 Å². The van der Waals surface area contributed by atoms with Crippen molar-refractivity contribution < 1.29 is 19.2 Å². The minimum Gasteiger partial charge on any atom is -0.448 e. The van der Waals surface area contributed by atoms with Gasteiger partial charge in [-0.3, -0.25) is 9.88 Å². The van der Waals surface area contributed by atoms with Crippen LogP contribution in [0.1, 0.15) is 41.4 Å². The number of rotatable bonds is 6. The van der Waals surface area contributed by atoms with Crippen molar-refractivity contribution in [2.45, 2.75) is 26.1 Å². The van der Waals surface area contributed by atoms with Gasteiger partial charge in [0.25, 0.3) is 0 Å². The molecule has 176 valence electrons. The van der Waals surface area contributed by atoms with Crippen molar-refractivity contribution in [1.29, 1.82) is 0 Å². The van der Waals surface area contributed by atoms with Gasteiger partial charge in [0.15, 0.2) is 5.76 Å². The molecule has 1 aliphatic heterocycles. The fourth-order valence-corrected chi connectivity index (χ4v) is 3.74. The van der Waals surface area contributed by atoms with E-state index in [1.807, 2.05) is 47.0 Å². The predicted molar refractivity (Wildman–Crippen MR) is 126 cm³/mol. The lowest BCUT2D eigenvalue weighted by Gasteiger charge is -2.11. The van der Waals surface area contributed by atoms with E-state index in [1.165, 1.54) is 0 Å². The van der Waals surface area contributed by atoms with E-state index in [0.29, 0.717) is 37.8 Å². The number of aliphatic hydroxyl groups excluding tert-OH is 1. The summed E-state index contributed by atoms with van der Waals surface area (Å²) in [6, 6.07) is 13.4. The van der Waals surface area contributed by atoms with E-state index in [2.05, 4.69) is 27.0 Å². The first-order chi connectivity index (χ1) is 17.0. The molecule has 1 fully saturated rings. The molecule has 4 aromatic rings. The van der Waals surface area contributed by atoms with Gasteiger partial charge in [-0.25, -0.2) is 9.78 Å². The minimum atomic E-state index is -0.658. The zero-order chi connectivity index (χ0) is 24.2. The summed E-state index contributed by atoms with van der Waals surface area (Å²) in [5.41, 5.74) is 4.07. The summed E-state index contributed by atoms with van der Waals surface area (Å²) >= 11 is 0. The fourth-order valence-electron chi connectivity index (χ4n) is 3.74. The van der Waals surface area contributed by atoms with E-state index in [9.17, 15) is 9.90 Å². The minimum absolute atomic E-state index is 0.302. The Hall–Kier alpha value is -4.42. The molecule has 1 amide bonds. The van der Waals surface area contributed by atoms with Gasteiger partial charge in [0.1, 0.15) is 24.2 Å². The zero-order valence-electron chi connectivity index (χ0n) is 19.1. The second-order valence-corrected chi connectivity index (χ2v) is 8.17. The third kappa shape index (κ3) is 5.23. The molecular weight excluding hydrogens is 446 g/mol. The first kappa shape index (κ1) is 22.4. The average molecular weight is 470 g/mol. The fraction of sp³-hybridized carbons (Fsp3) is 0.231. The molecule has 0 saturated carbocycles. The van der Waals surface area contributed by atoms with Gasteiger partial charge in [-0.2, -0.15) is 0 Å². The number of aromatic nitrogens is 4. The maximum absolute atomic E-state index is 11.6. The van der Waals surface area contributed by atoms with Crippen molar-refractivity contribution >= 4 is 6.09 Å². The number of cyclic esters (lactones) is 1. The topological polar surface area (TPSA) is 107 Å². The van der Waals surface area contributed by atoms with E-state index < -0.39 is 6.10 Å². The molecule has 1 atom stereocenters. The SMILES string of the molecule is C[C@H](O)c1nccn1Cc1cc(-c2ccc(C#Cc3ccc(CN4CCOC4=O)nc3)cc2)on1. The van der Waals surface area contributed by atoms with Crippen LogP contribution in [0.3, 0.4) is 0 Å². The third-order valence-electron chi connectivity index (χ3n) is 5.56. The smallest absolute Gasteiger partial charge is 0.410 e. The highest BCUT2D eigenvalue weighted by molar-refractivity contribution is 5.69. The van der Waals surface area contributed by atoms with Crippen LogP contribution in [0.4, 0.5) is 4.79 Å². The second-order valence-electron chi connectivity index (χ2n) is 8.17. The van der Waals surface area contributed by atoms with Crippen LogP contribution in [0, 0.1) is 11.8 Å². The summed E-state index contributed by atoms with van der Waals surface area (Å²) in [5.74, 6) is 7.48. The Labute approximate surface area is 202 Å². The van der Waals surface area contributed by atoms with Gasteiger partial charge in [-0.15, -0.1) is 0 Å². The van der Waals surface area contributed by atoms with E-state index >= 15 is 0 Å². The van der Waals surface area contributed by atoms with E-state index in [0.717, 1.165) is 28.1 Å². The molecule has 9 heteroatoms. The molecule has 0 unspecified atom stereocenters. The molecule has 1 saturated heterocycles. The lowest BCUT2D eigenvalue weighted by Crippen LogP contribution is -2.23. The number of pyridine rings is 1. The lowest BCUT2D eigenvalue weighted by molar-refractivity contribution is 0.157. The molecule has 1 aliphatic rings. The molecular formula is C26H23N5O4. The van der Waals surface area contributed by atoms with Crippen molar-refractivity contribution in [2.24, 2.45) is 0 Å². The molecule has 0 bridgehead atoms. The Morgan fingerprint density at radius 1 is 1.06 bits per heavy atom. The quantitative estimate of drug-likeness (QED) is 0.432. The highest BCUT2D eigenvalue weighted by Gasteiger charge is 2.22. The number of aliphatic hydroxyl groups is 1. The number of carbonyl (C=O) groups excluding carboxylic acids is 1. The molecule has 0 spiro atoms. The van der Waals surface area contributed by atoms with Crippen LogP contribution in [0.15, 0.2) is 65.6 Å². The monoisotopic (exact) mass is 469 g/mol. The number of ether oxygens (including phenoxy) is 1. The van der Waals surface area contributed by atoms with Crippen molar-refractivity contribution in [3.8, 4) is 23.2 Å². The summed E-state index contributed by atoms with van der Waals surface area (Å²) in [7, 11) is 0. The molecule has 35 heavy (non-hydrogen) atoms. The number of hydrogen-bond donors (Lipinski definition) is 1. The number of amides is 1. The number of benzene rings is 1. The molecule has 9 nitrogen and oxygen atoms in total. The van der Waals surface area contributed by atoms with Crippen molar-refractivity contribution in [2.75, 3.05) is 13.2 Å². The molecule has 0 radical (unpaired) electrons. The zero-order valence-corrected chi connectivity index (χ0v) is 19.1. The predicted octanol–water partition coefficient (Wildman–Crippen LogP) is 3.39. The van der Waals surface area contributed by atoms with Gasteiger partial charge < -0.3 is 18.9 Å². The highest BCUT2D eigenvalue weighted by Crippen LogP contribution is 2.22. The Bertz CT molecular complexity index is 1380. The first-order valence-corrected chi connectivity index (χ1v) is 11.2. The summed E-state index contributed by atoms with van der Waals surface area (Å²) in [6.45, 7) is 3.58. The van der Waals surface area contributed by atoms with Gasteiger partial charge in [0.2, 0.25) is 0 Å². The van der Waals surface area contributed by atoms with Crippen molar-refractivity contribution in [1.82, 2.24) is 24.6 Å². The molecule has 3 aromatic heterocycles. The maximum atomic E-state index is 11.6. The van der Waals surface area contributed by atoms with Gasteiger partial charge in [0, 0.05) is 41.3 Å². The molecule has 1 aromatic carbocycles. The van der Waals surface area contributed by atoms with Crippen LogP contribution in [-0.4, -0.2) is 48.9 Å². The Balaban J connectivity index is 1.22. The van der Waals surface area contributed by atoms with Gasteiger partial charge in [-0.1, -0.05) is 17.0 Å². The molecule has 0 aliphatic carbocycles. The molecule has 4 heterocycles. The Kier molecular flexibility index (Phi) is 6.28. The van der Waals surface area contributed by atoms with E-state index in [1.54, 1.807) is 30.4 Å². The maximum Gasteiger partial charge on any atom is 0.410 e. The number of carbonyl (C=O) groups is 1. The Morgan fingerprint density at radius 3 is 2.57 bits per heavy atom. The first-order valence-electron chi connectivity index (χ1n) is 11.2. The number of imidazole rings is 1. The standard InChI is InChI=1S/C26H23N5O4/c1-18(32)25-27-10-11-30(25)17-23-14-24(35-29-23)21-7-4-19(5-8-21)2-3-20-6-9-22(28-15-20)16-31-12-13-34-26(31)33/h4-11,14-15,18,32H,12-13,16-17H2,1H3/t18-/m0/s1. The van der Waals surface area contributed by atoms with Crippen molar-refractivity contribution in [3.63, 3.8) is 0 Å². The van der Waals surface area contributed by atoms with Crippen LogP contribution >= 0.6 is 0 Å². The largest absolute Gasteiger partial charge is 0.448 e.